The van der Waals surface area contributed by atoms with Crippen molar-refractivity contribution in [2.75, 3.05) is 11.1 Å². The summed E-state index contributed by atoms with van der Waals surface area (Å²) in [7, 11) is 0. The van der Waals surface area contributed by atoms with E-state index in [2.05, 4.69) is 20.6 Å². The van der Waals surface area contributed by atoms with Gasteiger partial charge in [-0.3, -0.25) is 14.9 Å². The van der Waals surface area contributed by atoms with Crippen LogP contribution in [-0.4, -0.2) is 27.7 Å². The SMILES string of the molecule is N#Cc1c(-c2ccc(Cl)cc2Cl)nc(SCC(=O)NC(=O)Nc2ccccc2)[nH]c1=O. The molecule has 0 aliphatic rings. The summed E-state index contributed by atoms with van der Waals surface area (Å²) in [6.07, 6.45) is 0. The monoisotopic (exact) mass is 473 g/mol. The van der Waals surface area contributed by atoms with Crippen LogP contribution in [0.15, 0.2) is 58.5 Å². The summed E-state index contributed by atoms with van der Waals surface area (Å²) >= 11 is 13.0. The second-order valence-corrected chi connectivity index (χ2v) is 7.80. The van der Waals surface area contributed by atoms with Crippen LogP contribution in [0.3, 0.4) is 0 Å². The van der Waals surface area contributed by atoms with Crippen LogP contribution in [0.4, 0.5) is 10.5 Å². The molecule has 0 radical (unpaired) electrons. The molecule has 0 fully saturated rings. The Morgan fingerprint density at radius 1 is 1.16 bits per heavy atom. The Kier molecular flexibility index (Phi) is 7.31. The highest BCUT2D eigenvalue weighted by molar-refractivity contribution is 7.99. The topological polar surface area (TPSA) is 128 Å². The number of thioether (sulfide) groups is 1. The van der Waals surface area contributed by atoms with Crippen LogP contribution in [0.1, 0.15) is 5.56 Å². The number of anilines is 1. The standard InChI is InChI=1S/C20H13Cl2N5O3S/c21-11-6-7-13(15(22)8-11)17-14(9-23)18(29)27-20(26-17)31-10-16(28)25-19(30)24-12-4-2-1-3-5-12/h1-8H,10H2,(H,26,27,29)(H2,24,25,28,30). The van der Waals surface area contributed by atoms with Crippen molar-refractivity contribution in [3.63, 3.8) is 0 Å². The van der Waals surface area contributed by atoms with E-state index in [-0.39, 0.29) is 27.2 Å². The number of carbonyl (C=O) groups is 2. The van der Waals surface area contributed by atoms with Crippen molar-refractivity contribution in [1.82, 2.24) is 15.3 Å². The van der Waals surface area contributed by atoms with Gasteiger partial charge in [0.25, 0.3) is 5.56 Å². The number of rotatable bonds is 5. The average Bonchev–Trinajstić information content (AvgIpc) is 2.72. The number of para-hydroxylation sites is 1. The Bertz CT molecular complexity index is 1240. The molecule has 0 saturated carbocycles. The molecule has 1 heterocycles. The number of aromatic nitrogens is 2. The molecule has 3 rings (SSSR count). The molecule has 31 heavy (non-hydrogen) atoms. The molecule has 156 valence electrons. The third kappa shape index (κ3) is 5.86. The van der Waals surface area contributed by atoms with Crippen molar-refractivity contribution < 1.29 is 9.59 Å². The van der Waals surface area contributed by atoms with E-state index in [1.165, 1.54) is 6.07 Å². The summed E-state index contributed by atoms with van der Waals surface area (Å²) in [6.45, 7) is 0. The van der Waals surface area contributed by atoms with Gasteiger partial charge in [-0.15, -0.1) is 0 Å². The number of H-pyrrole nitrogens is 1. The minimum absolute atomic E-state index is 0.0673. The number of nitrogens with one attached hydrogen (secondary N) is 3. The van der Waals surface area contributed by atoms with E-state index in [1.807, 2.05) is 0 Å². The smallest absolute Gasteiger partial charge is 0.308 e. The first kappa shape index (κ1) is 22.4. The minimum Gasteiger partial charge on any atom is -0.308 e. The summed E-state index contributed by atoms with van der Waals surface area (Å²) in [6, 6.07) is 14.3. The molecule has 0 aliphatic heterocycles. The van der Waals surface area contributed by atoms with Gasteiger partial charge < -0.3 is 10.3 Å². The van der Waals surface area contributed by atoms with E-state index in [4.69, 9.17) is 23.2 Å². The molecule has 2 aromatic carbocycles. The Morgan fingerprint density at radius 3 is 2.58 bits per heavy atom. The van der Waals surface area contributed by atoms with Gasteiger partial charge in [0, 0.05) is 16.3 Å². The molecule has 0 spiro atoms. The van der Waals surface area contributed by atoms with Gasteiger partial charge in [-0.25, -0.2) is 9.78 Å². The zero-order valence-corrected chi connectivity index (χ0v) is 17.9. The van der Waals surface area contributed by atoms with E-state index < -0.39 is 17.5 Å². The molecule has 0 aliphatic carbocycles. The summed E-state index contributed by atoms with van der Waals surface area (Å²) in [5.74, 6) is -0.804. The molecule has 0 atom stereocenters. The maximum atomic E-state index is 12.3. The average molecular weight is 474 g/mol. The molecule has 3 N–H and O–H groups in total. The molecular formula is C20H13Cl2N5O3S. The first-order valence-corrected chi connectivity index (χ1v) is 10.4. The number of halogens is 2. The highest BCUT2D eigenvalue weighted by Gasteiger charge is 2.17. The number of urea groups is 1. The molecule has 3 amide bonds. The Balaban J connectivity index is 1.72. The third-order valence-electron chi connectivity index (χ3n) is 3.82. The normalized spacial score (nSPS) is 10.2. The fourth-order valence-electron chi connectivity index (χ4n) is 2.48. The number of amides is 3. The van der Waals surface area contributed by atoms with Crippen LogP contribution < -0.4 is 16.2 Å². The number of aromatic amines is 1. The van der Waals surface area contributed by atoms with Crippen LogP contribution in [0.5, 0.6) is 0 Å². The first-order chi connectivity index (χ1) is 14.9. The molecule has 0 saturated heterocycles. The third-order valence-corrected chi connectivity index (χ3v) is 5.24. The number of hydrogen-bond acceptors (Lipinski definition) is 6. The predicted molar refractivity (Wildman–Crippen MR) is 119 cm³/mol. The summed E-state index contributed by atoms with van der Waals surface area (Å²) in [4.78, 5) is 43.0. The van der Waals surface area contributed by atoms with E-state index in [9.17, 15) is 19.6 Å². The van der Waals surface area contributed by atoms with Crippen molar-refractivity contribution >= 4 is 52.6 Å². The first-order valence-electron chi connectivity index (χ1n) is 8.66. The van der Waals surface area contributed by atoms with Gasteiger partial charge in [0.15, 0.2) is 5.16 Å². The van der Waals surface area contributed by atoms with Gasteiger partial charge >= 0.3 is 6.03 Å². The van der Waals surface area contributed by atoms with E-state index in [0.29, 0.717) is 16.3 Å². The van der Waals surface area contributed by atoms with Gasteiger partial charge in [-0.1, -0.05) is 53.2 Å². The number of carbonyl (C=O) groups excluding carboxylic acids is 2. The molecular weight excluding hydrogens is 461 g/mol. The number of imide groups is 1. The van der Waals surface area contributed by atoms with Gasteiger partial charge in [-0.2, -0.15) is 5.26 Å². The van der Waals surface area contributed by atoms with Crippen molar-refractivity contribution in [1.29, 1.82) is 5.26 Å². The van der Waals surface area contributed by atoms with Crippen molar-refractivity contribution in [3.05, 3.63) is 74.5 Å². The zero-order valence-electron chi connectivity index (χ0n) is 15.6. The fourth-order valence-corrected chi connectivity index (χ4v) is 3.64. The molecule has 1 aromatic heterocycles. The molecule has 11 heteroatoms. The minimum atomic E-state index is -0.688. The number of nitriles is 1. The predicted octanol–water partition coefficient (Wildman–Crippen LogP) is 4.06. The second-order valence-electron chi connectivity index (χ2n) is 5.99. The van der Waals surface area contributed by atoms with Crippen molar-refractivity contribution in [2.24, 2.45) is 0 Å². The summed E-state index contributed by atoms with van der Waals surface area (Å²) in [5, 5.41) is 14.7. The van der Waals surface area contributed by atoms with Crippen molar-refractivity contribution in [2.45, 2.75) is 5.16 Å². The summed E-state index contributed by atoms with van der Waals surface area (Å²) in [5.41, 5.74) is 0.0476. The van der Waals surface area contributed by atoms with Gasteiger partial charge in [0.05, 0.1) is 16.5 Å². The molecule has 3 aromatic rings. The number of nitrogens with zero attached hydrogens (tertiary/aromatic N) is 2. The maximum absolute atomic E-state index is 12.3. The second kappa shape index (κ2) is 10.1. The Hall–Kier alpha value is -3.32. The van der Waals surface area contributed by atoms with Gasteiger partial charge in [-0.05, 0) is 30.3 Å². The zero-order chi connectivity index (χ0) is 22.4. The lowest BCUT2D eigenvalue weighted by atomic mass is 10.1. The van der Waals surface area contributed by atoms with Crippen LogP contribution in [-0.2, 0) is 4.79 Å². The van der Waals surface area contributed by atoms with Crippen LogP contribution >= 0.6 is 35.0 Å². The highest BCUT2D eigenvalue weighted by Crippen LogP contribution is 2.31. The number of hydrogen-bond donors (Lipinski definition) is 3. The van der Waals surface area contributed by atoms with Gasteiger partial charge in [0.2, 0.25) is 5.91 Å². The molecule has 0 unspecified atom stereocenters. The quantitative estimate of drug-likeness (QED) is 0.378. The van der Waals surface area contributed by atoms with Crippen LogP contribution in [0, 0.1) is 11.3 Å². The van der Waals surface area contributed by atoms with Crippen LogP contribution in [0.25, 0.3) is 11.3 Å². The number of benzene rings is 2. The maximum Gasteiger partial charge on any atom is 0.325 e. The van der Waals surface area contributed by atoms with Gasteiger partial charge in [0.1, 0.15) is 11.6 Å². The van der Waals surface area contributed by atoms with E-state index >= 15 is 0 Å². The van der Waals surface area contributed by atoms with Crippen molar-refractivity contribution in [3.8, 4) is 17.3 Å². The van der Waals surface area contributed by atoms with E-state index in [0.717, 1.165) is 11.8 Å². The lowest BCUT2D eigenvalue weighted by Crippen LogP contribution is -2.35. The summed E-state index contributed by atoms with van der Waals surface area (Å²) < 4.78 is 0. The van der Waals surface area contributed by atoms with Crippen LogP contribution in [0.2, 0.25) is 10.0 Å². The Labute approximate surface area is 190 Å². The Morgan fingerprint density at radius 2 is 1.90 bits per heavy atom. The molecule has 0 bridgehead atoms. The van der Waals surface area contributed by atoms with E-state index in [1.54, 1.807) is 48.5 Å². The largest absolute Gasteiger partial charge is 0.325 e. The lowest BCUT2D eigenvalue weighted by Gasteiger charge is -2.09. The molecule has 8 nitrogen and oxygen atoms in total. The fraction of sp³-hybridized carbons (Fsp3) is 0.0500. The lowest BCUT2D eigenvalue weighted by molar-refractivity contribution is -0.117. The highest BCUT2D eigenvalue weighted by atomic mass is 35.5.